The molecule has 0 spiro atoms. The van der Waals surface area contributed by atoms with E-state index in [2.05, 4.69) is 58.4 Å². The Labute approximate surface area is 212 Å². The van der Waals surface area contributed by atoms with Gasteiger partial charge >= 0.3 is 208 Å². The second kappa shape index (κ2) is 11.6. The molecule has 1 aliphatic heterocycles. The van der Waals surface area contributed by atoms with E-state index in [0.717, 1.165) is 51.1 Å². The van der Waals surface area contributed by atoms with Crippen molar-refractivity contribution in [2.45, 2.75) is 33.2 Å². The fraction of sp³-hybridized carbons (Fsp3) is 0.310. The first-order chi connectivity index (χ1) is 16.6. The molecule has 4 rings (SSSR count). The van der Waals surface area contributed by atoms with Crippen molar-refractivity contribution >= 4 is 32.7 Å². The number of amides is 1. The molecule has 0 bridgehead atoms. The van der Waals surface area contributed by atoms with Crippen LogP contribution in [-0.2, 0) is 6.54 Å². The Morgan fingerprint density at radius 1 is 0.912 bits per heavy atom. The van der Waals surface area contributed by atoms with Crippen molar-refractivity contribution < 1.29 is 4.79 Å². The van der Waals surface area contributed by atoms with E-state index >= 15 is 0 Å². The summed E-state index contributed by atoms with van der Waals surface area (Å²) in [6.45, 7) is 8.59. The maximum atomic E-state index is 12.8. The molecule has 0 saturated carbocycles. The molecule has 1 unspecified atom stereocenters. The average Bonchev–Trinajstić information content (AvgIpc) is 2.87. The molecule has 1 amide bonds. The van der Waals surface area contributed by atoms with Gasteiger partial charge in [0, 0.05) is 0 Å². The Balaban J connectivity index is 1.61. The number of aromatic nitrogens is 1. The van der Waals surface area contributed by atoms with E-state index in [0.29, 0.717) is 0 Å². The van der Waals surface area contributed by atoms with E-state index in [1.54, 1.807) is 16.9 Å². The topological polar surface area (TPSA) is 36.4 Å². The van der Waals surface area contributed by atoms with Crippen LogP contribution in [0.15, 0.2) is 78.6 Å². The summed E-state index contributed by atoms with van der Waals surface area (Å²) in [5.41, 5.74) is 7.40. The minimum atomic E-state index is 0.105. The Morgan fingerprint density at radius 3 is 2.18 bits per heavy atom. The number of piperidine rings is 1. The summed E-state index contributed by atoms with van der Waals surface area (Å²) in [5.74, 6) is 0.105. The maximum absolute atomic E-state index is 12.8. The molecule has 1 aliphatic rings. The van der Waals surface area contributed by atoms with E-state index in [1.165, 1.54) is 32.2 Å². The molecule has 5 heteroatoms. The number of benzene rings is 2. The molecule has 1 aromatic heterocycles. The summed E-state index contributed by atoms with van der Waals surface area (Å²) in [5, 5.41) is 0. The molecule has 2 heterocycles. The summed E-state index contributed by atoms with van der Waals surface area (Å²) in [6.07, 6.45) is 5.85. The van der Waals surface area contributed by atoms with E-state index in [9.17, 15) is 4.79 Å². The zero-order chi connectivity index (χ0) is 23.9. The normalized spacial score (nSPS) is 14.1. The molecule has 1 atom stereocenters. The third kappa shape index (κ3) is 5.86. The first-order valence-electron chi connectivity index (χ1n) is 12.2. The number of hydrogen-bond donors (Lipinski definition) is 0. The molecule has 34 heavy (non-hydrogen) atoms. The molecule has 176 valence electrons. The van der Waals surface area contributed by atoms with E-state index in [-0.39, 0.29) is 5.91 Å². The van der Waals surface area contributed by atoms with Gasteiger partial charge < -0.3 is 0 Å². The zero-order valence-corrected chi connectivity index (χ0v) is 22.6. The van der Waals surface area contributed by atoms with Gasteiger partial charge in [0.2, 0.25) is 0 Å². The van der Waals surface area contributed by atoms with Gasteiger partial charge in [-0.2, -0.15) is 0 Å². The van der Waals surface area contributed by atoms with Crippen molar-refractivity contribution in [1.82, 2.24) is 14.8 Å². The predicted molar refractivity (Wildman–Crippen MR) is 143 cm³/mol. The monoisotopic (exact) mass is 515 g/mol. The molecule has 1 fully saturated rings. The van der Waals surface area contributed by atoms with Gasteiger partial charge in [-0.25, -0.2) is 0 Å². The van der Waals surface area contributed by atoms with Gasteiger partial charge in [-0.15, -0.1) is 0 Å². The van der Waals surface area contributed by atoms with E-state index in [1.807, 2.05) is 43.3 Å². The van der Waals surface area contributed by atoms with Crippen LogP contribution in [0.1, 0.15) is 53.7 Å². The van der Waals surface area contributed by atoms with Crippen LogP contribution in [-0.4, -0.2) is 63.7 Å². The first kappa shape index (κ1) is 24.4. The SMILES string of the molecule is CCN(CC)C(=O)c1ccc(C(=C2CCN(Cc3ccncc3)CC2)c2cccc([AsH2])c2)cc1. The molecular weight excluding hydrogens is 481 g/mol. The summed E-state index contributed by atoms with van der Waals surface area (Å²) in [6, 6.07) is 21.3. The van der Waals surface area contributed by atoms with Gasteiger partial charge in [-0.3, -0.25) is 4.98 Å². The minimum absolute atomic E-state index is 0.105. The Kier molecular flexibility index (Phi) is 8.37. The van der Waals surface area contributed by atoms with Crippen LogP contribution >= 0.6 is 0 Å². The van der Waals surface area contributed by atoms with Gasteiger partial charge in [-0.05, 0) is 0 Å². The number of carbonyl (C=O) groups excluding carboxylic acids is 1. The number of nitrogens with zero attached hydrogens (tertiary/aromatic N) is 3. The molecule has 2 aromatic carbocycles. The van der Waals surface area contributed by atoms with Gasteiger partial charge in [0.1, 0.15) is 0 Å². The van der Waals surface area contributed by atoms with Crippen LogP contribution in [0.25, 0.3) is 5.57 Å². The van der Waals surface area contributed by atoms with Gasteiger partial charge in [-0.1, -0.05) is 0 Å². The van der Waals surface area contributed by atoms with Crippen LogP contribution in [0, 0.1) is 0 Å². The molecule has 1 saturated heterocycles. The van der Waals surface area contributed by atoms with Crippen LogP contribution < -0.4 is 4.35 Å². The number of rotatable bonds is 7. The predicted octanol–water partition coefficient (Wildman–Crippen LogP) is 3.92. The summed E-state index contributed by atoms with van der Waals surface area (Å²) < 4.78 is 1.33. The summed E-state index contributed by atoms with van der Waals surface area (Å²) >= 11 is 1.65. The fourth-order valence-electron chi connectivity index (χ4n) is 4.72. The summed E-state index contributed by atoms with van der Waals surface area (Å²) in [7, 11) is 0. The zero-order valence-electron chi connectivity index (χ0n) is 20.2. The summed E-state index contributed by atoms with van der Waals surface area (Å²) in [4.78, 5) is 21.3. The van der Waals surface area contributed by atoms with Crippen LogP contribution in [0.5, 0.6) is 0 Å². The number of likely N-dealkylation sites (tertiary alicyclic amines) is 1. The third-order valence-corrected chi connectivity index (χ3v) is 7.37. The second-order valence-electron chi connectivity index (χ2n) is 8.79. The first-order valence-corrected chi connectivity index (χ1v) is 13.4. The van der Waals surface area contributed by atoms with Crippen molar-refractivity contribution in [1.29, 1.82) is 0 Å². The van der Waals surface area contributed by atoms with Crippen LogP contribution in [0.2, 0.25) is 0 Å². The standard InChI is InChI=1S/C29H34AsN3O/c1-3-33(4-2)29(34)25-10-8-23(9-11-25)28(26-6-5-7-27(30)20-26)24-14-18-32(19-15-24)21-22-12-16-31-17-13-22/h5-13,16-17,20H,3-4,14-15,18-19,21,30H2,1-2H3. The fourth-order valence-corrected chi connectivity index (χ4v) is 5.33. The van der Waals surface area contributed by atoms with Crippen molar-refractivity contribution in [2.24, 2.45) is 0 Å². The van der Waals surface area contributed by atoms with Crippen LogP contribution in [0.3, 0.4) is 0 Å². The third-order valence-electron chi connectivity index (χ3n) is 6.62. The van der Waals surface area contributed by atoms with Crippen molar-refractivity contribution in [2.75, 3.05) is 26.2 Å². The second-order valence-corrected chi connectivity index (χ2v) is 10.2. The van der Waals surface area contributed by atoms with Gasteiger partial charge in [0.25, 0.3) is 0 Å². The molecular formula is C29H34AsN3O. The number of carbonyl (C=O) groups is 1. The van der Waals surface area contributed by atoms with Crippen LogP contribution in [0.4, 0.5) is 0 Å². The average molecular weight is 516 g/mol. The number of pyridine rings is 1. The molecule has 0 radical (unpaired) electrons. The molecule has 3 aromatic rings. The Bertz CT molecular complexity index is 1130. The number of hydrogen-bond acceptors (Lipinski definition) is 3. The molecule has 0 N–H and O–H groups in total. The molecule has 0 aliphatic carbocycles. The van der Waals surface area contributed by atoms with Crippen molar-refractivity contribution in [3.8, 4) is 0 Å². The molecule has 4 nitrogen and oxygen atoms in total. The van der Waals surface area contributed by atoms with Crippen molar-refractivity contribution in [3.63, 3.8) is 0 Å². The van der Waals surface area contributed by atoms with Gasteiger partial charge in [0.15, 0.2) is 0 Å². The van der Waals surface area contributed by atoms with Crippen molar-refractivity contribution in [3.05, 3.63) is 101 Å². The Hall–Kier alpha value is -2.68. The van der Waals surface area contributed by atoms with Gasteiger partial charge in [0.05, 0.1) is 0 Å². The van der Waals surface area contributed by atoms with E-state index < -0.39 is 0 Å². The Morgan fingerprint density at radius 2 is 1.56 bits per heavy atom. The van der Waals surface area contributed by atoms with E-state index in [4.69, 9.17) is 0 Å². The quantitative estimate of drug-likeness (QED) is 0.448.